The Balaban J connectivity index is 0.762. The number of hydrogen-bond acceptors (Lipinski definition) is 6. The van der Waals surface area contributed by atoms with Crippen molar-refractivity contribution in [3.8, 4) is 62.4 Å². The normalized spacial score (nSPS) is 12.3. The van der Waals surface area contributed by atoms with Crippen LogP contribution in [0.25, 0.3) is 204 Å². The minimum Gasteiger partial charge on any atom is -0.456 e. The Kier molecular flexibility index (Phi) is 10.5. The van der Waals surface area contributed by atoms with Crippen LogP contribution in [0.4, 0.5) is 0 Å². The van der Waals surface area contributed by atoms with E-state index in [0.717, 1.165) is 181 Å². The summed E-state index contributed by atoms with van der Waals surface area (Å²) in [5.74, 6) is 1.53. The summed E-state index contributed by atoms with van der Waals surface area (Å²) in [4.78, 5) is 16.9. The maximum atomic E-state index is 6.41. The molecule has 14 aromatic carbocycles. The summed E-state index contributed by atoms with van der Waals surface area (Å²) in [5.41, 5.74) is 19.8. The largest absolute Gasteiger partial charge is 0.456 e. The van der Waals surface area contributed by atoms with Crippen LogP contribution in [0.1, 0.15) is 0 Å². The fourth-order valence-electron chi connectivity index (χ4n) is 15.2. The van der Waals surface area contributed by atoms with Crippen LogP contribution in [-0.4, -0.2) is 28.7 Å². The topological polar surface area (TPSA) is 92.9 Å². The number of furan rings is 3. The van der Waals surface area contributed by atoms with Crippen molar-refractivity contribution < 1.29 is 13.3 Å². The second-order valence-electron chi connectivity index (χ2n) is 24.6. The van der Waals surface area contributed by atoms with E-state index in [2.05, 4.69) is 268 Å². The molecule has 0 N–H and O–H groups in total. The number of hydrogen-bond donors (Lipinski definition) is 0. The van der Waals surface area contributed by atoms with E-state index in [1.165, 1.54) is 5.39 Å². The molecule has 0 fully saturated rings. The van der Waals surface area contributed by atoms with Crippen molar-refractivity contribution in [1.29, 1.82) is 0 Å². The lowest BCUT2D eigenvalue weighted by molar-refractivity contribution is 0.668. The zero-order valence-corrected chi connectivity index (χ0v) is 50.1. The second-order valence-corrected chi connectivity index (χ2v) is 24.6. The smallest absolute Gasteiger partial charge is 0.240 e. The highest BCUT2D eigenvalue weighted by molar-refractivity contribution is 6.16. The van der Waals surface area contributed by atoms with Crippen LogP contribution >= 0.6 is 0 Å². The summed E-state index contributed by atoms with van der Waals surface area (Å²) in [6.07, 6.45) is 0. The molecule has 0 radical (unpaired) electrons. The molecule has 21 rings (SSSR count). The maximum absolute atomic E-state index is 6.41. The van der Waals surface area contributed by atoms with Crippen molar-refractivity contribution in [3.05, 3.63) is 291 Å². The molecule has 0 atom stereocenters. The van der Waals surface area contributed by atoms with Gasteiger partial charge in [-0.3, -0.25) is 9.13 Å². The summed E-state index contributed by atoms with van der Waals surface area (Å²) in [6, 6.07) is 104. The van der Waals surface area contributed by atoms with Gasteiger partial charge in [0.25, 0.3) is 0 Å². The van der Waals surface area contributed by atoms with Gasteiger partial charge >= 0.3 is 0 Å². The third-order valence-corrected chi connectivity index (χ3v) is 19.5. The minimum atomic E-state index is 0.496. The monoisotopic (exact) mass is 1200 g/mol. The molecule has 0 aliphatic carbocycles. The first-order valence-electron chi connectivity index (χ1n) is 31.7. The Morgan fingerprint density at radius 1 is 0.202 bits per heavy atom. The van der Waals surface area contributed by atoms with Gasteiger partial charge in [0.1, 0.15) is 33.5 Å². The molecular weight excluding hydrogens is 1150 g/mol. The molecule has 0 unspecified atom stereocenters. The van der Waals surface area contributed by atoms with Crippen molar-refractivity contribution in [2.45, 2.75) is 0 Å². The van der Waals surface area contributed by atoms with E-state index in [0.29, 0.717) is 17.7 Å². The Labute approximate surface area is 534 Å². The van der Waals surface area contributed by atoms with Crippen LogP contribution in [0.15, 0.2) is 304 Å². The third-order valence-electron chi connectivity index (χ3n) is 19.5. The van der Waals surface area contributed by atoms with Gasteiger partial charge in [0.05, 0.1) is 38.8 Å². The molecule has 9 nitrogen and oxygen atoms in total. The van der Waals surface area contributed by atoms with Crippen molar-refractivity contribution in [2.24, 2.45) is 0 Å². The summed E-state index contributed by atoms with van der Waals surface area (Å²) in [7, 11) is 0. The fraction of sp³-hybridized carbons (Fsp3) is 0. The van der Waals surface area contributed by atoms with Crippen molar-refractivity contribution in [2.75, 3.05) is 0 Å². The molecule has 21 aromatic rings. The molecule has 0 aliphatic heterocycles. The summed E-state index contributed by atoms with van der Waals surface area (Å²) < 4.78 is 26.0. The Bertz CT molecular complexity index is 6580. The molecule has 0 spiro atoms. The van der Waals surface area contributed by atoms with E-state index in [1.54, 1.807) is 0 Å². The average Bonchev–Trinajstić information content (AvgIpc) is 1.54. The summed E-state index contributed by atoms with van der Waals surface area (Å²) >= 11 is 0. The molecule has 0 bridgehead atoms. The molecule has 436 valence electrons. The molecule has 0 saturated heterocycles. The minimum absolute atomic E-state index is 0.496. The van der Waals surface area contributed by atoms with Crippen LogP contribution < -0.4 is 0 Å². The number of nitrogens with zero attached hydrogens (tertiary/aromatic N) is 6. The van der Waals surface area contributed by atoms with Crippen LogP contribution in [0.2, 0.25) is 0 Å². The number of rotatable bonds is 7. The van der Waals surface area contributed by atoms with Gasteiger partial charge in [-0.25, -0.2) is 0 Å². The first kappa shape index (κ1) is 51.0. The molecule has 94 heavy (non-hydrogen) atoms. The number of benzene rings is 14. The van der Waals surface area contributed by atoms with Gasteiger partial charge < -0.3 is 17.8 Å². The van der Waals surface area contributed by atoms with E-state index in [4.69, 9.17) is 28.2 Å². The predicted octanol–water partition coefficient (Wildman–Crippen LogP) is 22.7. The van der Waals surface area contributed by atoms with Gasteiger partial charge in [0, 0.05) is 75.6 Å². The summed E-state index contributed by atoms with van der Waals surface area (Å²) in [5, 5.41) is 15.4. The van der Waals surface area contributed by atoms with Crippen LogP contribution in [0.5, 0.6) is 0 Å². The third kappa shape index (κ3) is 7.43. The van der Waals surface area contributed by atoms with Gasteiger partial charge in [-0.1, -0.05) is 170 Å². The Hall–Kier alpha value is -12.9. The maximum Gasteiger partial charge on any atom is 0.240 e. The zero-order chi connectivity index (χ0) is 61.3. The molecule has 0 aliphatic rings. The molecule has 7 heterocycles. The SMILES string of the molecule is c1ccc2c(c1)oc1cc(-c3ccc4c(c3)c3ccccc3n4-c3nc(-c4ccc(-n5c6ccccc6c6cc(-c7ccc8c(c7)oc7ccccc78)ccc65)c5ccccc45)nc(-n4c5ccccc5c5cc(-c6ccc7c(c6)oc6ccccc67)ccc54)n3)ccc12. The molecular formula is C85H48N6O3. The van der Waals surface area contributed by atoms with E-state index in [1.807, 2.05) is 36.4 Å². The molecule has 0 saturated carbocycles. The van der Waals surface area contributed by atoms with E-state index >= 15 is 0 Å². The van der Waals surface area contributed by atoms with Crippen molar-refractivity contribution in [1.82, 2.24) is 28.7 Å². The van der Waals surface area contributed by atoms with Gasteiger partial charge in [-0.15, -0.1) is 0 Å². The fourth-order valence-corrected chi connectivity index (χ4v) is 15.2. The number of aromatic nitrogens is 6. The van der Waals surface area contributed by atoms with Gasteiger partial charge in [-0.2, -0.15) is 15.0 Å². The second kappa shape index (κ2) is 19.3. The Morgan fingerprint density at radius 2 is 0.511 bits per heavy atom. The predicted molar refractivity (Wildman–Crippen MR) is 384 cm³/mol. The highest BCUT2D eigenvalue weighted by Gasteiger charge is 2.25. The number of para-hydroxylation sites is 6. The standard InChI is InChI=1S/C85H48N6O3/c1-2-16-56-55(15-1)66(38-42-73(56)89-70-23-9-3-17-57(70)67-43-49(32-39-74(67)89)52-29-35-63-60-20-6-12-26-77(60)92-80(63)46-52)83-86-84(90-71-24-10-4-18-58(71)68-44-50(33-40-75(68)90)53-30-36-64-61-21-7-13-27-78(61)93-81(64)47-53)88-85(87-83)91-72-25-11-5-19-59(72)69-45-51(34-41-76(69)91)54-31-37-65-62-22-8-14-28-79(62)94-82(65)48-54/h1-48H. The van der Waals surface area contributed by atoms with Gasteiger partial charge in [0.15, 0.2) is 5.82 Å². The first-order valence-corrected chi connectivity index (χ1v) is 31.7. The quantitative estimate of drug-likeness (QED) is 0.158. The zero-order valence-electron chi connectivity index (χ0n) is 50.1. The lowest BCUT2D eigenvalue weighted by atomic mass is 10.0. The Morgan fingerprint density at radius 3 is 0.936 bits per heavy atom. The molecule has 0 amide bonds. The van der Waals surface area contributed by atoms with Crippen LogP contribution in [-0.2, 0) is 0 Å². The highest BCUT2D eigenvalue weighted by atomic mass is 16.3. The molecule has 9 heteroatoms. The van der Waals surface area contributed by atoms with E-state index in [9.17, 15) is 0 Å². The lowest BCUT2D eigenvalue weighted by Gasteiger charge is -2.16. The summed E-state index contributed by atoms with van der Waals surface area (Å²) in [6.45, 7) is 0. The molecule has 7 aromatic heterocycles. The number of fused-ring (bicyclic) bond motifs is 19. The lowest BCUT2D eigenvalue weighted by Crippen LogP contribution is -2.10. The highest BCUT2D eigenvalue weighted by Crippen LogP contribution is 2.44. The van der Waals surface area contributed by atoms with Crippen molar-refractivity contribution >= 4 is 142 Å². The van der Waals surface area contributed by atoms with Gasteiger partial charge in [0.2, 0.25) is 11.9 Å². The van der Waals surface area contributed by atoms with E-state index < -0.39 is 0 Å². The van der Waals surface area contributed by atoms with Crippen LogP contribution in [0, 0.1) is 0 Å². The van der Waals surface area contributed by atoms with Crippen molar-refractivity contribution in [3.63, 3.8) is 0 Å². The van der Waals surface area contributed by atoms with E-state index in [-0.39, 0.29) is 0 Å². The first-order chi connectivity index (χ1) is 46.6. The van der Waals surface area contributed by atoms with Crippen LogP contribution in [0.3, 0.4) is 0 Å². The van der Waals surface area contributed by atoms with Gasteiger partial charge in [-0.05, 0) is 160 Å². The average molecular weight is 1200 g/mol.